The van der Waals surface area contributed by atoms with Gasteiger partial charge in [-0.25, -0.2) is 13.4 Å². The van der Waals surface area contributed by atoms with Gasteiger partial charge in [0, 0.05) is 6.20 Å². The van der Waals surface area contributed by atoms with Gasteiger partial charge in [-0.3, -0.25) is 19.8 Å². The van der Waals surface area contributed by atoms with Gasteiger partial charge in [0.25, 0.3) is 15.9 Å². The lowest BCUT2D eigenvalue weighted by Crippen LogP contribution is -2.18. The van der Waals surface area contributed by atoms with Crippen LogP contribution in [-0.4, -0.2) is 24.3 Å². The van der Waals surface area contributed by atoms with Crippen LogP contribution in [0.4, 0.5) is 10.8 Å². The second kappa shape index (κ2) is 7.61. The molecule has 2 N–H and O–H groups in total. The molecule has 0 fully saturated rings. The quantitative estimate of drug-likeness (QED) is 0.503. The molecule has 0 unspecified atom stereocenters. The number of aromatic nitrogens is 2. The molecule has 2 aromatic carbocycles. The molecule has 4 rings (SSSR count). The highest BCUT2D eigenvalue weighted by atomic mass is 32.2. The van der Waals surface area contributed by atoms with Gasteiger partial charge in [0.15, 0.2) is 5.13 Å². The second-order valence-corrected chi connectivity index (χ2v) is 8.99. The predicted octanol–water partition coefficient (Wildman–Crippen LogP) is 4.05. The fourth-order valence-electron chi connectivity index (χ4n) is 2.69. The summed E-state index contributed by atoms with van der Waals surface area (Å²) in [5.41, 5.74) is 1.96. The number of pyridine rings is 1. The maximum absolute atomic E-state index is 12.8. The van der Waals surface area contributed by atoms with Crippen molar-refractivity contribution in [2.45, 2.75) is 11.8 Å². The predicted molar refractivity (Wildman–Crippen MR) is 114 cm³/mol. The van der Waals surface area contributed by atoms with Crippen molar-refractivity contribution in [2.75, 3.05) is 10.0 Å². The number of sulfonamides is 1. The third-order valence-corrected chi connectivity index (χ3v) is 6.49. The van der Waals surface area contributed by atoms with Gasteiger partial charge in [0.1, 0.15) is 0 Å². The van der Waals surface area contributed by atoms with Crippen LogP contribution in [0.25, 0.3) is 10.2 Å². The van der Waals surface area contributed by atoms with Crippen LogP contribution in [0, 0.1) is 6.92 Å². The minimum Gasteiger partial charge on any atom is -0.298 e. The molecule has 29 heavy (non-hydrogen) atoms. The minimum atomic E-state index is -3.86. The maximum Gasteiger partial charge on any atom is 0.261 e. The van der Waals surface area contributed by atoms with Crippen LogP contribution in [0.5, 0.6) is 0 Å². The third kappa shape index (κ3) is 4.10. The Morgan fingerprint density at radius 1 is 1.03 bits per heavy atom. The van der Waals surface area contributed by atoms with Crippen molar-refractivity contribution in [3.63, 3.8) is 0 Å². The number of rotatable bonds is 5. The topological polar surface area (TPSA) is 101 Å². The summed E-state index contributed by atoms with van der Waals surface area (Å²) in [5.74, 6) is -0.479. The van der Waals surface area contributed by atoms with E-state index in [4.69, 9.17) is 0 Å². The van der Waals surface area contributed by atoms with E-state index in [-0.39, 0.29) is 16.1 Å². The highest BCUT2D eigenvalue weighted by molar-refractivity contribution is 7.92. The van der Waals surface area contributed by atoms with Crippen molar-refractivity contribution in [3.8, 4) is 0 Å². The number of carbonyl (C=O) groups is 1. The van der Waals surface area contributed by atoms with Crippen molar-refractivity contribution < 1.29 is 13.2 Å². The van der Waals surface area contributed by atoms with Gasteiger partial charge in [0.05, 0.1) is 32.6 Å². The molecule has 0 bridgehead atoms. The van der Waals surface area contributed by atoms with Crippen molar-refractivity contribution in [3.05, 3.63) is 78.1 Å². The summed E-state index contributed by atoms with van der Waals surface area (Å²) in [6, 6.07) is 15.4. The molecule has 0 radical (unpaired) electrons. The highest BCUT2D eigenvalue weighted by Gasteiger charge is 2.19. The molecule has 0 spiro atoms. The molecule has 0 atom stereocenters. The van der Waals surface area contributed by atoms with Gasteiger partial charge >= 0.3 is 0 Å². The summed E-state index contributed by atoms with van der Waals surface area (Å²) in [5, 5.41) is 3.16. The van der Waals surface area contributed by atoms with E-state index in [1.54, 1.807) is 12.1 Å². The number of para-hydroxylation sites is 1. The zero-order valence-electron chi connectivity index (χ0n) is 15.3. The molecule has 2 heterocycles. The number of aryl methyl sites for hydroxylation is 1. The molecule has 1 amide bonds. The van der Waals surface area contributed by atoms with Crippen LogP contribution >= 0.6 is 11.3 Å². The van der Waals surface area contributed by atoms with E-state index in [2.05, 4.69) is 20.0 Å². The Labute approximate surface area is 171 Å². The van der Waals surface area contributed by atoms with Gasteiger partial charge in [0.2, 0.25) is 0 Å². The Hall–Kier alpha value is -3.30. The van der Waals surface area contributed by atoms with Crippen molar-refractivity contribution >= 4 is 48.3 Å². The Bertz CT molecular complexity index is 1270. The van der Waals surface area contributed by atoms with Crippen LogP contribution in [0.3, 0.4) is 0 Å². The van der Waals surface area contributed by atoms with E-state index in [0.29, 0.717) is 5.13 Å². The maximum atomic E-state index is 12.8. The number of carbonyl (C=O) groups excluding carboxylic acids is 1. The first-order valence-corrected chi connectivity index (χ1v) is 10.9. The van der Waals surface area contributed by atoms with Gasteiger partial charge in [-0.1, -0.05) is 41.2 Å². The van der Waals surface area contributed by atoms with Crippen molar-refractivity contribution in [2.24, 2.45) is 0 Å². The zero-order chi connectivity index (χ0) is 20.4. The lowest BCUT2D eigenvalue weighted by molar-refractivity contribution is 0.102. The summed E-state index contributed by atoms with van der Waals surface area (Å²) in [7, 11) is -3.86. The molecule has 0 saturated carbocycles. The number of nitrogens with zero attached hydrogens (tertiary/aromatic N) is 2. The largest absolute Gasteiger partial charge is 0.298 e. The van der Waals surface area contributed by atoms with E-state index in [0.717, 1.165) is 15.8 Å². The number of fused-ring (bicyclic) bond motifs is 1. The highest BCUT2D eigenvalue weighted by Crippen LogP contribution is 2.27. The fraction of sp³-hybridized carbons (Fsp3) is 0.0500. The number of thiazole rings is 1. The van der Waals surface area contributed by atoms with Crippen LogP contribution in [0.15, 0.2) is 71.9 Å². The average Bonchev–Trinajstić information content (AvgIpc) is 3.10. The molecule has 0 aliphatic carbocycles. The first-order chi connectivity index (χ1) is 13.9. The van der Waals surface area contributed by atoms with E-state index in [1.807, 2.05) is 31.2 Å². The normalized spacial score (nSPS) is 11.3. The molecular weight excluding hydrogens is 408 g/mol. The molecule has 0 aliphatic rings. The van der Waals surface area contributed by atoms with Gasteiger partial charge < -0.3 is 0 Å². The number of anilines is 2. The molecule has 7 nitrogen and oxygen atoms in total. The zero-order valence-corrected chi connectivity index (χ0v) is 16.9. The summed E-state index contributed by atoms with van der Waals surface area (Å²) in [6.07, 6.45) is 2.73. The summed E-state index contributed by atoms with van der Waals surface area (Å²) in [6.45, 7) is 1.87. The smallest absolute Gasteiger partial charge is 0.261 e. The van der Waals surface area contributed by atoms with Crippen LogP contribution in [0.1, 0.15) is 15.9 Å². The number of amides is 1. The van der Waals surface area contributed by atoms with Gasteiger partial charge in [-0.2, -0.15) is 0 Å². The molecule has 2 aromatic heterocycles. The van der Waals surface area contributed by atoms with Crippen molar-refractivity contribution in [1.29, 1.82) is 0 Å². The van der Waals surface area contributed by atoms with Crippen LogP contribution < -0.4 is 10.0 Å². The standard InChI is InChI=1S/C20H16N4O3S2/c1-13-6-8-14(9-7-13)29(26,27)24-17-12-21-11-10-15(17)19(25)23-20-22-16-4-2-3-5-18(16)28-20/h2-12,24H,1H3,(H,22,23,25). The average molecular weight is 425 g/mol. The SMILES string of the molecule is Cc1ccc(S(=O)(=O)Nc2cnccc2C(=O)Nc2nc3ccccc3s2)cc1. The molecule has 146 valence electrons. The van der Waals surface area contributed by atoms with E-state index < -0.39 is 15.9 Å². The summed E-state index contributed by atoms with van der Waals surface area (Å²) >= 11 is 1.34. The van der Waals surface area contributed by atoms with Crippen LogP contribution in [0.2, 0.25) is 0 Å². The van der Waals surface area contributed by atoms with E-state index in [9.17, 15) is 13.2 Å². The minimum absolute atomic E-state index is 0.0895. The number of hydrogen-bond donors (Lipinski definition) is 2. The molecular formula is C20H16N4O3S2. The van der Waals surface area contributed by atoms with Gasteiger partial charge in [-0.15, -0.1) is 0 Å². The Balaban J connectivity index is 1.60. The molecule has 0 aliphatic heterocycles. The monoisotopic (exact) mass is 424 g/mol. The van der Waals surface area contributed by atoms with Gasteiger partial charge in [-0.05, 0) is 37.3 Å². The summed E-state index contributed by atoms with van der Waals surface area (Å²) < 4.78 is 28.8. The first kappa shape index (κ1) is 19.0. The van der Waals surface area contributed by atoms with E-state index >= 15 is 0 Å². The lowest BCUT2D eigenvalue weighted by atomic mass is 10.2. The molecule has 0 saturated heterocycles. The first-order valence-electron chi connectivity index (χ1n) is 8.63. The third-order valence-electron chi connectivity index (χ3n) is 4.16. The van der Waals surface area contributed by atoms with E-state index in [1.165, 1.54) is 41.9 Å². The Morgan fingerprint density at radius 2 is 1.79 bits per heavy atom. The fourth-order valence-corrected chi connectivity index (χ4v) is 4.61. The molecule has 4 aromatic rings. The lowest BCUT2D eigenvalue weighted by Gasteiger charge is -2.11. The van der Waals surface area contributed by atoms with Crippen molar-refractivity contribution in [1.82, 2.24) is 9.97 Å². The molecule has 9 heteroatoms. The number of hydrogen-bond acceptors (Lipinski definition) is 6. The van der Waals surface area contributed by atoms with Crippen LogP contribution in [-0.2, 0) is 10.0 Å². The number of benzene rings is 2. The Morgan fingerprint density at radius 3 is 2.55 bits per heavy atom. The second-order valence-electron chi connectivity index (χ2n) is 6.28. The number of nitrogens with one attached hydrogen (secondary N) is 2. The summed E-state index contributed by atoms with van der Waals surface area (Å²) in [4.78, 5) is 21.2. The Kier molecular flexibility index (Phi) is 4.99.